The summed E-state index contributed by atoms with van der Waals surface area (Å²) in [5.74, 6) is -0.435. The van der Waals surface area contributed by atoms with E-state index in [9.17, 15) is 9.59 Å². The van der Waals surface area contributed by atoms with Crippen molar-refractivity contribution in [2.24, 2.45) is 10.8 Å². The van der Waals surface area contributed by atoms with Crippen molar-refractivity contribution in [3.8, 4) is 0 Å². The number of hydrogen-bond acceptors (Lipinski definition) is 8. The Bertz CT molecular complexity index is 2010. The van der Waals surface area contributed by atoms with Gasteiger partial charge in [0.25, 0.3) is 0 Å². The highest BCUT2D eigenvalue weighted by Crippen LogP contribution is 2.67. The first-order valence-corrected chi connectivity index (χ1v) is 18.6. The second kappa shape index (κ2) is 10.2. The molecule has 2 N–H and O–H groups in total. The molecule has 2 fully saturated rings. The summed E-state index contributed by atoms with van der Waals surface area (Å²) in [6, 6.07) is 17.9. The Morgan fingerprint density at radius 3 is 1.94 bits per heavy atom. The van der Waals surface area contributed by atoms with Crippen molar-refractivity contribution in [2.75, 3.05) is 44.5 Å². The summed E-state index contributed by atoms with van der Waals surface area (Å²) < 4.78 is 10.9. The fourth-order valence-corrected chi connectivity index (χ4v) is 12.7. The molecule has 8 aliphatic rings. The highest BCUT2D eigenvalue weighted by molar-refractivity contribution is 5.94. The van der Waals surface area contributed by atoms with Gasteiger partial charge in [-0.25, -0.2) is 9.59 Å². The minimum absolute atomic E-state index is 0.134. The van der Waals surface area contributed by atoms with Crippen molar-refractivity contribution in [1.29, 1.82) is 0 Å². The van der Waals surface area contributed by atoms with E-state index < -0.39 is 0 Å². The van der Waals surface area contributed by atoms with Crippen molar-refractivity contribution in [3.63, 3.8) is 0 Å². The second-order valence-corrected chi connectivity index (χ2v) is 16.0. The number of carbonyl (C=O) groups is 2. The second-order valence-electron chi connectivity index (χ2n) is 16.0. The van der Waals surface area contributed by atoms with Gasteiger partial charge < -0.3 is 20.1 Å². The highest BCUT2D eigenvalue weighted by Gasteiger charge is 2.69. The molecular formula is C42H46N4O4. The molecule has 0 aromatic heterocycles. The number of hydrogen-bond donors (Lipinski definition) is 2. The molecule has 50 heavy (non-hydrogen) atoms. The normalized spacial score (nSPS) is 37.1. The summed E-state index contributed by atoms with van der Waals surface area (Å²) in [5.41, 5.74) is 9.03. The Hall–Kier alpha value is -4.14. The van der Waals surface area contributed by atoms with E-state index >= 15 is 0 Å². The maximum absolute atomic E-state index is 13.7. The van der Waals surface area contributed by atoms with Crippen molar-refractivity contribution >= 4 is 23.3 Å². The molecule has 8 heteroatoms. The van der Waals surface area contributed by atoms with E-state index in [1.165, 1.54) is 30.9 Å². The van der Waals surface area contributed by atoms with Crippen LogP contribution in [0.15, 0.2) is 94.9 Å². The summed E-state index contributed by atoms with van der Waals surface area (Å²) >= 11 is 0. The fraction of sp³-hybridized carbons (Fsp3) is 0.476. The molecule has 6 heterocycles. The maximum atomic E-state index is 13.7. The highest BCUT2D eigenvalue weighted by atomic mass is 16.5. The number of methoxy groups -OCH3 is 2. The first kappa shape index (κ1) is 30.7. The van der Waals surface area contributed by atoms with Gasteiger partial charge in [0.2, 0.25) is 0 Å². The third-order valence-electron chi connectivity index (χ3n) is 14.5. The Morgan fingerprint density at radius 1 is 0.780 bits per heavy atom. The van der Waals surface area contributed by atoms with Crippen LogP contribution in [0.25, 0.3) is 0 Å². The van der Waals surface area contributed by atoms with Gasteiger partial charge in [-0.2, -0.15) is 0 Å². The molecule has 0 amide bonds. The first-order valence-electron chi connectivity index (χ1n) is 18.6. The molecule has 2 aromatic rings. The van der Waals surface area contributed by atoms with Gasteiger partial charge in [0.15, 0.2) is 0 Å². The smallest absolute Gasteiger partial charge is 0.335 e. The zero-order valence-corrected chi connectivity index (χ0v) is 29.5. The Balaban J connectivity index is 1.13. The van der Waals surface area contributed by atoms with Crippen LogP contribution in [0.5, 0.6) is 0 Å². The van der Waals surface area contributed by atoms with Gasteiger partial charge in [0.1, 0.15) is 0 Å². The minimum atomic E-state index is -0.310. The van der Waals surface area contributed by atoms with Gasteiger partial charge in [-0.1, -0.05) is 68.5 Å². The molecule has 6 aliphatic heterocycles. The predicted octanol–water partition coefficient (Wildman–Crippen LogP) is 6.19. The molecule has 0 radical (unpaired) electrons. The van der Waals surface area contributed by atoms with Crippen LogP contribution in [0.2, 0.25) is 0 Å². The SMILES string of the molecule is CC[C@]12C=C([C@@H]3C=C[C@@]4(CC)CC(C(=O)OC)=C5Nc6ccccc6[C@]56CCN3[C@@H]46)CN3CC[C@@]4(C(=C(C(=O)OC)C1)Nc1ccccc14)[C@@H]32. The lowest BCUT2D eigenvalue weighted by atomic mass is 9.53. The molecule has 2 aliphatic carbocycles. The summed E-state index contributed by atoms with van der Waals surface area (Å²) in [7, 11) is 3.02. The maximum Gasteiger partial charge on any atom is 0.335 e. The van der Waals surface area contributed by atoms with Gasteiger partial charge in [0, 0.05) is 65.3 Å². The lowest BCUT2D eigenvalue weighted by Gasteiger charge is -2.58. The van der Waals surface area contributed by atoms with Crippen molar-refractivity contribution in [3.05, 3.63) is 106 Å². The first-order chi connectivity index (χ1) is 24.3. The minimum Gasteiger partial charge on any atom is -0.466 e. The van der Waals surface area contributed by atoms with Gasteiger partial charge >= 0.3 is 11.9 Å². The molecule has 8 nitrogen and oxygen atoms in total. The van der Waals surface area contributed by atoms with Crippen LogP contribution >= 0.6 is 0 Å². The lowest BCUT2D eigenvalue weighted by molar-refractivity contribution is -0.137. The van der Waals surface area contributed by atoms with E-state index in [2.05, 4.69) is 101 Å². The molecule has 2 spiro atoms. The standard InChI is InChI=1S/C42H46N4O4/c1-5-39-16-15-32(46-20-18-42(38(39)46)29-12-8-10-14-31(29)44-34(42)26(22-39)35(47)49-3)25-21-40(6-2)23-27(36(48)50-4)33-41(17-19-45(24-25)37(40)41)28-11-7-9-13-30(28)43-33/h7-16,21,32,37-38,43-44H,5-6,17-20,22-24H2,1-4H3/t32-,37-,38-,39-,40-,41+,42+/m0/s1. The van der Waals surface area contributed by atoms with Gasteiger partial charge in [-0.3, -0.25) is 9.80 Å². The van der Waals surface area contributed by atoms with Crippen molar-refractivity contribution in [1.82, 2.24) is 9.80 Å². The van der Waals surface area contributed by atoms with E-state index in [1.54, 1.807) is 0 Å². The number of para-hydroxylation sites is 2. The fourth-order valence-electron chi connectivity index (χ4n) is 12.7. The van der Waals surface area contributed by atoms with Crippen LogP contribution in [0.3, 0.4) is 0 Å². The summed E-state index contributed by atoms with van der Waals surface area (Å²) in [4.78, 5) is 32.7. The summed E-state index contributed by atoms with van der Waals surface area (Å²) in [6.45, 7) is 7.43. The molecule has 0 saturated carbocycles. The van der Waals surface area contributed by atoms with Crippen LogP contribution in [0, 0.1) is 10.8 Å². The molecule has 7 atom stereocenters. The van der Waals surface area contributed by atoms with E-state index in [0.29, 0.717) is 12.8 Å². The average molecular weight is 671 g/mol. The van der Waals surface area contributed by atoms with Gasteiger partial charge in [0.05, 0.1) is 42.2 Å². The van der Waals surface area contributed by atoms with E-state index in [0.717, 1.165) is 79.2 Å². The number of ether oxygens (including phenoxy) is 2. The van der Waals surface area contributed by atoms with Crippen LogP contribution in [-0.4, -0.2) is 73.7 Å². The lowest BCUT2D eigenvalue weighted by Crippen LogP contribution is -2.63. The largest absolute Gasteiger partial charge is 0.466 e. The van der Waals surface area contributed by atoms with Crippen molar-refractivity contribution < 1.29 is 19.1 Å². The predicted molar refractivity (Wildman–Crippen MR) is 192 cm³/mol. The third-order valence-corrected chi connectivity index (χ3v) is 14.5. The molecule has 258 valence electrons. The number of nitrogens with one attached hydrogen (secondary N) is 2. The zero-order valence-electron chi connectivity index (χ0n) is 29.5. The topological polar surface area (TPSA) is 83.1 Å². The van der Waals surface area contributed by atoms with Crippen LogP contribution in [0.4, 0.5) is 11.4 Å². The number of nitrogens with zero attached hydrogens (tertiary/aromatic N) is 2. The number of esters is 2. The van der Waals surface area contributed by atoms with Crippen LogP contribution in [0.1, 0.15) is 63.5 Å². The third kappa shape index (κ3) is 3.45. The number of rotatable bonds is 5. The Morgan fingerprint density at radius 2 is 1.34 bits per heavy atom. The monoisotopic (exact) mass is 670 g/mol. The molecule has 0 unspecified atom stereocenters. The number of fused-ring (bicyclic) bond motifs is 2. The Labute approximate surface area is 294 Å². The molecule has 0 bridgehead atoms. The molecule has 2 aromatic carbocycles. The van der Waals surface area contributed by atoms with Crippen molar-refractivity contribution in [2.45, 2.75) is 81.3 Å². The number of carbonyl (C=O) groups excluding carboxylic acids is 2. The van der Waals surface area contributed by atoms with E-state index in [-0.39, 0.29) is 51.7 Å². The van der Waals surface area contributed by atoms with Crippen LogP contribution in [-0.2, 0) is 29.9 Å². The number of anilines is 2. The molecule has 10 rings (SSSR count). The van der Waals surface area contributed by atoms with E-state index in [4.69, 9.17) is 9.47 Å². The van der Waals surface area contributed by atoms with Gasteiger partial charge in [-0.15, -0.1) is 0 Å². The van der Waals surface area contributed by atoms with Gasteiger partial charge in [-0.05, 0) is 67.4 Å². The average Bonchev–Trinajstić information content (AvgIpc) is 3.93. The summed E-state index contributed by atoms with van der Waals surface area (Å²) in [5, 5.41) is 7.51. The van der Waals surface area contributed by atoms with E-state index in [1.807, 2.05) is 0 Å². The number of benzene rings is 2. The zero-order chi connectivity index (χ0) is 34.2. The quantitative estimate of drug-likeness (QED) is 0.288. The summed E-state index contributed by atoms with van der Waals surface area (Å²) in [6.07, 6.45) is 12.7. The van der Waals surface area contributed by atoms with Crippen LogP contribution < -0.4 is 10.6 Å². The Kier molecular flexibility index (Phi) is 6.27. The molecule has 2 saturated heterocycles. The molecular weight excluding hydrogens is 624 g/mol.